The summed E-state index contributed by atoms with van der Waals surface area (Å²) in [6.45, 7) is 6.87. The van der Waals surface area contributed by atoms with E-state index in [9.17, 15) is 24.6 Å². The first-order chi connectivity index (χ1) is 13.9. The third kappa shape index (κ3) is 3.57. The van der Waals surface area contributed by atoms with E-state index in [0.717, 1.165) is 19.3 Å². The number of amides is 2. The zero-order valence-corrected chi connectivity index (χ0v) is 17.1. The van der Waals surface area contributed by atoms with Crippen molar-refractivity contribution in [1.82, 2.24) is 9.80 Å². The van der Waals surface area contributed by atoms with Gasteiger partial charge in [-0.1, -0.05) is 25.8 Å². The Morgan fingerprint density at radius 1 is 1.38 bits per heavy atom. The summed E-state index contributed by atoms with van der Waals surface area (Å²) in [5, 5.41) is 19.0. The molecule has 0 aliphatic carbocycles. The summed E-state index contributed by atoms with van der Waals surface area (Å²) in [6, 6.07) is -0.845. The number of likely N-dealkylation sites (tertiary alicyclic amines) is 1. The van der Waals surface area contributed by atoms with Gasteiger partial charge in [0.05, 0.1) is 17.9 Å². The van der Waals surface area contributed by atoms with Gasteiger partial charge in [-0.2, -0.15) is 0 Å². The maximum Gasteiger partial charge on any atom is 0.310 e. The minimum Gasteiger partial charge on any atom is -0.481 e. The van der Waals surface area contributed by atoms with Gasteiger partial charge < -0.3 is 24.7 Å². The summed E-state index contributed by atoms with van der Waals surface area (Å²) in [6.07, 6.45) is 5.38. The first kappa shape index (κ1) is 21.8. The lowest BCUT2D eigenvalue weighted by molar-refractivity contribution is -0.151. The average molecular weight is 408 g/mol. The molecule has 3 saturated heterocycles. The van der Waals surface area contributed by atoms with Crippen molar-refractivity contribution in [1.29, 1.82) is 0 Å². The Hall–Kier alpha value is -1.93. The number of fused-ring (bicyclic) bond motifs is 1. The normalized spacial score (nSPS) is 32.5. The van der Waals surface area contributed by atoms with Gasteiger partial charge >= 0.3 is 5.97 Å². The smallest absolute Gasteiger partial charge is 0.310 e. The third-order valence-electron chi connectivity index (χ3n) is 6.57. The summed E-state index contributed by atoms with van der Waals surface area (Å²) in [7, 11) is 0. The Labute approximate surface area is 171 Å². The zero-order valence-electron chi connectivity index (χ0n) is 17.1. The second-order valence-corrected chi connectivity index (χ2v) is 8.28. The van der Waals surface area contributed by atoms with Crippen LogP contribution in [0.3, 0.4) is 0 Å². The molecule has 5 atom stereocenters. The van der Waals surface area contributed by atoms with E-state index in [1.54, 1.807) is 11.0 Å². The molecule has 0 aromatic carbocycles. The number of aliphatic carboxylic acids is 1. The molecule has 8 nitrogen and oxygen atoms in total. The molecule has 0 aromatic heterocycles. The van der Waals surface area contributed by atoms with E-state index in [1.807, 2.05) is 0 Å². The third-order valence-corrected chi connectivity index (χ3v) is 6.57. The van der Waals surface area contributed by atoms with Crippen molar-refractivity contribution in [3.63, 3.8) is 0 Å². The Balaban J connectivity index is 1.94. The number of carbonyl (C=O) groups is 3. The highest BCUT2D eigenvalue weighted by Crippen LogP contribution is 2.58. The minimum atomic E-state index is -1.08. The van der Waals surface area contributed by atoms with E-state index in [0.29, 0.717) is 32.4 Å². The van der Waals surface area contributed by atoms with Crippen LogP contribution in [0.15, 0.2) is 12.7 Å². The van der Waals surface area contributed by atoms with Crippen LogP contribution in [-0.4, -0.2) is 81.8 Å². The van der Waals surface area contributed by atoms with E-state index < -0.39 is 35.6 Å². The van der Waals surface area contributed by atoms with Gasteiger partial charge in [0.1, 0.15) is 11.6 Å². The Morgan fingerprint density at radius 3 is 2.76 bits per heavy atom. The highest BCUT2D eigenvalue weighted by Gasteiger charge is 2.74. The fraction of sp³-hybridized carbons (Fsp3) is 0.762. The topological polar surface area (TPSA) is 107 Å². The number of hydrogen-bond acceptors (Lipinski definition) is 5. The predicted octanol–water partition coefficient (Wildman–Crippen LogP) is 1.03. The van der Waals surface area contributed by atoms with Crippen molar-refractivity contribution >= 4 is 17.8 Å². The lowest BCUT2D eigenvalue weighted by Gasteiger charge is -2.36. The van der Waals surface area contributed by atoms with E-state index in [4.69, 9.17) is 4.74 Å². The first-order valence-electron chi connectivity index (χ1n) is 10.6. The van der Waals surface area contributed by atoms with Gasteiger partial charge in [-0.3, -0.25) is 14.4 Å². The van der Waals surface area contributed by atoms with Crippen molar-refractivity contribution in [2.45, 2.75) is 63.2 Å². The molecule has 2 amide bonds. The number of carbonyl (C=O) groups excluding carboxylic acids is 2. The van der Waals surface area contributed by atoms with E-state index >= 15 is 0 Å². The predicted molar refractivity (Wildman–Crippen MR) is 105 cm³/mol. The molecule has 1 spiro atoms. The molecule has 8 heteroatoms. The van der Waals surface area contributed by atoms with Gasteiger partial charge in [0, 0.05) is 26.2 Å². The molecule has 0 unspecified atom stereocenters. The van der Waals surface area contributed by atoms with Crippen LogP contribution in [0.2, 0.25) is 0 Å². The summed E-state index contributed by atoms with van der Waals surface area (Å²) >= 11 is 0. The zero-order chi connectivity index (χ0) is 21.2. The standard InChI is InChI=1S/C21H32N2O6/c1-3-5-6-11-22(10-4-2)19(26)17-21-9-8-14(29-21)15(20(27)28)16(21)18(25)23(17)12-7-13-24/h4,14-17,24H,2-3,5-13H2,1H3,(H,27,28)/t14-,15+,16+,17-,21+/m1/s1. The number of carboxylic acid groups (broad SMARTS) is 1. The van der Waals surface area contributed by atoms with Crippen molar-refractivity contribution in [2.75, 3.05) is 26.2 Å². The summed E-state index contributed by atoms with van der Waals surface area (Å²) < 4.78 is 6.15. The molecular formula is C21H32N2O6. The van der Waals surface area contributed by atoms with Crippen LogP contribution < -0.4 is 0 Å². The molecule has 0 radical (unpaired) electrons. The molecule has 0 saturated carbocycles. The van der Waals surface area contributed by atoms with Gasteiger partial charge in [0.15, 0.2) is 0 Å². The number of carboxylic acids is 1. The highest BCUT2D eigenvalue weighted by atomic mass is 16.5. The molecule has 0 aromatic rings. The van der Waals surface area contributed by atoms with Gasteiger partial charge in [-0.15, -0.1) is 6.58 Å². The molecule has 162 valence electrons. The van der Waals surface area contributed by atoms with Crippen molar-refractivity contribution in [2.24, 2.45) is 11.8 Å². The number of hydrogen-bond donors (Lipinski definition) is 2. The van der Waals surface area contributed by atoms with Crippen molar-refractivity contribution in [3.8, 4) is 0 Å². The highest BCUT2D eigenvalue weighted by molar-refractivity contribution is 5.98. The van der Waals surface area contributed by atoms with E-state index in [-0.39, 0.29) is 25.0 Å². The van der Waals surface area contributed by atoms with Crippen LogP contribution in [0.5, 0.6) is 0 Å². The van der Waals surface area contributed by atoms with Gasteiger partial charge in [0.2, 0.25) is 11.8 Å². The Morgan fingerprint density at radius 2 is 2.14 bits per heavy atom. The molecular weight excluding hydrogens is 376 g/mol. The van der Waals surface area contributed by atoms with Crippen LogP contribution in [0.25, 0.3) is 0 Å². The fourth-order valence-electron chi connectivity index (χ4n) is 5.37. The van der Waals surface area contributed by atoms with Gasteiger partial charge in [0.25, 0.3) is 0 Å². The van der Waals surface area contributed by atoms with Crippen molar-refractivity contribution in [3.05, 3.63) is 12.7 Å². The van der Waals surface area contributed by atoms with Crippen LogP contribution in [0.4, 0.5) is 0 Å². The van der Waals surface area contributed by atoms with E-state index in [2.05, 4.69) is 13.5 Å². The largest absolute Gasteiger partial charge is 0.481 e. The molecule has 3 aliphatic rings. The number of unbranched alkanes of at least 4 members (excludes halogenated alkanes) is 2. The number of aliphatic hydroxyl groups is 1. The Bertz CT molecular complexity index is 668. The molecule has 3 aliphatic heterocycles. The molecule has 3 rings (SSSR count). The Kier molecular flexibility index (Phi) is 6.63. The average Bonchev–Trinajstić information content (AvgIpc) is 3.33. The number of aliphatic hydroxyl groups excluding tert-OH is 1. The maximum atomic E-state index is 13.6. The fourth-order valence-corrected chi connectivity index (χ4v) is 5.37. The second kappa shape index (κ2) is 8.83. The lowest BCUT2D eigenvalue weighted by atomic mass is 9.70. The van der Waals surface area contributed by atoms with Gasteiger partial charge in [-0.25, -0.2) is 0 Å². The van der Waals surface area contributed by atoms with Crippen LogP contribution in [-0.2, 0) is 19.1 Å². The molecule has 2 bridgehead atoms. The second-order valence-electron chi connectivity index (χ2n) is 8.28. The van der Waals surface area contributed by atoms with Crippen LogP contribution in [0.1, 0.15) is 45.4 Å². The van der Waals surface area contributed by atoms with E-state index in [1.165, 1.54) is 4.90 Å². The number of nitrogens with zero attached hydrogens (tertiary/aromatic N) is 2. The summed E-state index contributed by atoms with van der Waals surface area (Å²) in [5.41, 5.74) is -1.08. The molecule has 2 N–H and O–H groups in total. The van der Waals surface area contributed by atoms with Crippen LogP contribution >= 0.6 is 0 Å². The summed E-state index contributed by atoms with van der Waals surface area (Å²) in [4.78, 5) is 42.0. The quantitative estimate of drug-likeness (QED) is 0.391. The molecule has 3 fully saturated rings. The summed E-state index contributed by atoms with van der Waals surface area (Å²) in [5.74, 6) is -3.35. The lowest BCUT2D eigenvalue weighted by Crippen LogP contribution is -2.56. The maximum absolute atomic E-state index is 13.6. The molecule has 3 heterocycles. The number of rotatable bonds is 11. The van der Waals surface area contributed by atoms with Crippen LogP contribution in [0, 0.1) is 11.8 Å². The monoisotopic (exact) mass is 408 g/mol. The SMILES string of the molecule is C=CCN(CCCCC)C(=O)[C@H]1N(CCCO)C(=O)[C@@H]2[C@@H](C(=O)O)[C@H]3CC[C@]21O3. The van der Waals surface area contributed by atoms with Crippen molar-refractivity contribution < 1.29 is 29.3 Å². The number of ether oxygens (including phenoxy) is 1. The van der Waals surface area contributed by atoms with Gasteiger partial charge in [-0.05, 0) is 25.7 Å². The minimum absolute atomic E-state index is 0.110. The molecule has 29 heavy (non-hydrogen) atoms. The first-order valence-corrected chi connectivity index (χ1v) is 10.6.